The number of nitrogens with zero attached hydrogens (tertiary/aromatic N) is 4. The molecule has 0 bridgehead atoms. The van der Waals surface area contributed by atoms with E-state index in [1.54, 1.807) is 12.1 Å². The Bertz CT molecular complexity index is 760. The van der Waals surface area contributed by atoms with Crippen LogP contribution in [-0.4, -0.2) is 55.7 Å². The Morgan fingerprint density at radius 2 is 1.58 bits per heavy atom. The molecule has 0 fully saturated rings. The second-order valence-electron chi connectivity index (χ2n) is 6.15. The minimum absolute atomic E-state index is 0. The van der Waals surface area contributed by atoms with Crippen LogP contribution < -0.4 is 73.8 Å². The first-order valence-electron chi connectivity index (χ1n) is 7.81. The van der Waals surface area contributed by atoms with Crippen molar-refractivity contribution in [2.45, 2.75) is 6.17 Å². The number of carbonyl (C=O) groups excluding carboxylic acids is 1. The molecule has 0 aliphatic carbocycles. The van der Waals surface area contributed by atoms with Gasteiger partial charge in [-0.2, -0.15) is 22.8 Å². The monoisotopic (exact) mass is 471 g/mol. The molecule has 3 rings (SSSR count). The molecular formula is C19H22CsN4O2-. The molecule has 0 spiro atoms. The van der Waals surface area contributed by atoms with Gasteiger partial charge in [0, 0.05) is 33.9 Å². The largest absolute Gasteiger partial charge is 1.00 e. The molecule has 0 saturated carbocycles. The summed E-state index contributed by atoms with van der Waals surface area (Å²) in [6.07, 6.45) is 1.95. The summed E-state index contributed by atoms with van der Waals surface area (Å²) in [7, 11) is 8.07. The molecule has 26 heavy (non-hydrogen) atoms. The van der Waals surface area contributed by atoms with Gasteiger partial charge < -0.3 is 20.1 Å². The van der Waals surface area contributed by atoms with E-state index < -0.39 is 0 Å². The van der Waals surface area contributed by atoms with E-state index in [1.165, 1.54) is 11.3 Å². The third-order valence-corrected chi connectivity index (χ3v) is 4.28. The number of hydrogen-bond acceptors (Lipinski definition) is 6. The molecule has 0 amide bonds. The minimum Gasteiger partial charge on any atom is -0.870 e. The van der Waals surface area contributed by atoms with Crippen LogP contribution in [-0.2, 0) is 4.79 Å². The van der Waals surface area contributed by atoms with E-state index in [0.717, 1.165) is 11.4 Å². The summed E-state index contributed by atoms with van der Waals surface area (Å²) < 4.78 is 0. The van der Waals surface area contributed by atoms with Gasteiger partial charge >= 0.3 is 68.9 Å². The molecule has 1 heterocycles. The van der Waals surface area contributed by atoms with Crippen LogP contribution in [0.2, 0.25) is 0 Å². The predicted octanol–water partition coefficient (Wildman–Crippen LogP) is -0.725. The van der Waals surface area contributed by atoms with E-state index in [-0.39, 0.29) is 80.5 Å². The van der Waals surface area contributed by atoms with Gasteiger partial charge in [-0.25, -0.2) is 0 Å². The third kappa shape index (κ3) is 4.72. The molecule has 1 N–H and O–H groups in total. The van der Waals surface area contributed by atoms with Crippen molar-refractivity contribution in [1.29, 1.82) is 0 Å². The topological polar surface area (TPSA) is 69.2 Å². The molecule has 0 aromatic heterocycles. The van der Waals surface area contributed by atoms with Gasteiger partial charge in [-0.3, -0.25) is 5.01 Å². The molecule has 1 atom stereocenters. The van der Waals surface area contributed by atoms with Crippen LogP contribution >= 0.6 is 0 Å². The molecule has 1 aliphatic rings. The van der Waals surface area contributed by atoms with Crippen molar-refractivity contribution in [2.75, 3.05) is 33.1 Å². The summed E-state index contributed by atoms with van der Waals surface area (Å²) in [5.74, 6) is 0.886. The smallest absolute Gasteiger partial charge is 0.870 e. The van der Waals surface area contributed by atoms with Crippen LogP contribution in [0.4, 0.5) is 5.69 Å². The fourth-order valence-electron chi connectivity index (χ4n) is 2.97. The Morgan fingerprint density at radius 3 is 2.08 bits per heavy atom. The molecule has 0 radical (unpaired) electrons. The van der Waals surface area contributed by atoms with Crippen molar-refractivity contribution in [3.63, 3.8) is 0 Å². The number of hydrazone groups is 1. The van der Waals surface area contributed by atoms with Crippen molar-refractivity contribution in [1.82, 2.24) is 9.91 Å². The molecule has 7 heteroatoms. The third-order valence-electron chi connectivity index (χ3n) is 4.28. The van der Waals surface area contributed by atoms with Gasteiger partial charge in [-0.15, -0.1) is 12.1 Å². The van der Waals surface area contributed by atoms with E-state index in [0.29, 0.717) is 5.56 Å². The SMILES string of the molecule is CN(C)c1ccc(C2N(C)N=C(c3ccc([C-]=O)cc3)N2C)cc1.[Cs+].[OH-]. The van der Waals surface area contributed by atoms with Crippen LogP contribution in [0.5, 0.6) is 0 Å². The van der Waals surface area contributed by atoms with E-state index in [1.807, 2.05) is 51.6 Å². The fraction of sp³-hybridized carbons (Fsp3) is 0.263. The quantitative estimate of drug-likeness (QED) is 0.551. The van der Waals surface area contributed by atoms with Crippen LogP contribution in [0.15, 0.2) is 53.6 Å². The molecule has 132 valence electrons. The Kier molecular flexibility index (Phi) is 8.88. The first-order valence-corrected chi connectivity index (χ1v) is 7.81. The summed E-state index contributed by atoms with van der Waals surface area (Å²) in [5, 5.41) is 6.64. The Hall–Kier alpha value is -0.808. The Balaban J connectivity index is 0.00000169. The maximum Gasteiger partial charge on any atom is 1.00 e. The molecule has 1 unspecified atom stereocenters. The zero-order valence-electron chi connectivity index (χ0n) is 15.8. The van der Waals surface area contributed by atoms with Gasteiger partial charge in [-0.05, 0) is 23.3 Å². The average Bonchev–Trinajstić information content (AvgIpc) is 2.89. The van der Waals surface area contributed by atoms with Crippen LogP contribution in [0.1, 0.15) is 22.9 Å². The summed E-state index contributed by atoms with van der Waals surface area (Å²) in [4.78, 5) is 14.9. The number of amidine groups is 1. The Morgan fingerprint density at radius 1 is 1.00 bits per heavy atom. The van der Waals surface area contributed by atoms with Gasteiger partial charge in [0.1, 0.15) is 6.17 Å². The van der Waals surface area contributed by atoms with Gasteiger partial charge in [-0.1, -0.05) is 12.1 Å². The molecule has 6 nitrogen and oxygen atoms in total. The zero-order valence-corrected chi connectivity index (χ0v) is 22.1. The first-order chi connectivity index (χ1) is 11.5. The fourth-order valence-corrected chi connectivity index (χ4v) is 2.97. The van der Waals surface area contributed by atoms with Crippen molar-refractivity contribution in [2.24, 2.45) is 5.10 Å². The van der Waals surface area contributed by atoms with E-state index >= 15 is 0 Å². The predicted molar refractivity (Wildman–Crippen MR) is 98.7 cm³/mol. The Labute approximate surface area is 213 Å². The van der Waals surface area contributed by atoms with Gasteiger partial charge in [0.25, 0.3) is 0 Å². The first kappa shape index (κ1) is 23.2. The van der Waals surface area contributed by atoms with Crippen molar-refractivity contribution >= 4 is 17.8 Å². The maximum absolute atomic E-state index is 10.7. The normalized spacial score (nSPS) is 15.7. The zero-order chi connectivity index (χ0) is 17.3. The van der Waals surface area contributed by atoms with Gasteiger partial charge in [0.15, 0.2) is 5.84 Å². The van der Waals surface area contributed by atoms with Gasteiger partial charge in [0.05, 0.1) is 6.29 Å². The number of hydrogen-bond donors (Lipinski definition) is 0. The van der Waals surface area contributed by atoms with E-state index in [2.05, 4.69) is 39.2 Å². The summed E-state index contributed by atoms with van der Waals surface area (Å²) >= 11 is 0. The summed E-state index contributed by atoms with van der Waals surface area (Å²) in [5.41, 5.74) is 3.88. The summed E-state index contributed by atoms with van der Waals surface area (Å²) in [6.45, 7) is 0. The number of rotatable bonds is 4. The van der Waals surface area contributed by atoms with Crippen molar-refractivity contribution < 1.29 is 79.2 Å². The van der Waals surface area contributed by atoms with Crippen LogP contribution in [0.25, 0.3) is 0 Å². The van der Waals surface area contributed by atoms with Crippen molar-refractivity contribution in [3.05, 3.63) is 65.2 Å². The minimum atomic E-state index is 0. The number of benzene rings is 2. The molecule has 2 aromatic carbocycles. The van der Waals surface area contributed by atoms with Gasteiger partial charge in [0.2, 0.25) is 0 Å². The van der Waals surface area contributed by atoms with Crippen LogP contribution in [0, 0.1) is 0 Å². The van der Waals surface area contributed by atoms with E-state index in [4.69, 9.17) is 0 Å². The standard InChI is InChI=1S/C19H21N4O.Cs.H2O/c1-21(2)17-11-9-16(10-12-17)19-22(3)18(20-23(19)4)15-7-5-14(13-24)6-8-15;;/h5-12,19H,1-4H3;;1H2/q-1;+1;/p-1. The second-order valence-corrected chi connectivity index (χ2v) is 6.15. The molecule has 0 saturated heterocycles. The van der Waals surface area contributed by atoms with E-state index in [9.17, 15) is 4.79 Å². The summed E-state index contributed by atoms with van der Waals surface area (Å²) in [6, 6.07) is 15.8. The molecule has 1 aliphatic heterocycles. The molecule has 2 aromatic rings. The molecular weight excluding hydrogens is 449 g/mol. The maximum atomic E-state index is 10.7. The second kappa shape index (κ2) is 9.93. The number of anilines is 1. The average molecular weight is 471 g/mol. The van der Waals surface area contributed by atoms with Crippen LogP contribution in [0.3, 0.4) is 0 Å². The van der Waals surface area contributed by atoms with Crippen molar-refractivity contribution in [3.8, 4) is 0 Å².